The van der Waals surface area contributed by atoms with E-state index < -0.39 is 11.6 Å². The summed E-state index contributed by atoms with van der Waals surface area (Å²) in [5.41, 5.74) is 1.47. The first kappa shape index (κ1) is 16.0. The number of imidazole rings is 1. The summed E-state index contributed by atoms with van der Waals surface area (Å²) in [5.74, 6) is -2.71. The Hall–Kier alpha value is -1.49. The van der Waals surface area contributed by atoms with Gasteiger partial charge in [0.15, 0.2) is 0 Å². The highest BCUT2D eigenvalue weighted by Gasteiger charge is 2.44. The van der Waals surface area contributed by atoms with Crippen molar-refractivity contribution in [2.75, 3.05) is 0 Å². The smallest absolute Gasteiger partial charge is 0.248 e. The molecule has 0 radical (unpaired) electrons. The van der Waals surface area contributed by atoms with Gasteiger partial charge in [0.1, 0.15) is 5.67 Å². The van der Waals surface area contributed by atoms with Crippen LogP contribution in [0.5, 0.6) is 0 Å². The Labute approximate surface area is 143 Å². The van der Waals surface area contributed by atoms with E-state index >= 15 is 0 Å². The summed E-state index contributed by atoms with van der Waals surface area (Å²) in [4.78, 5) is 4.18. The van der Waals surface area contributed by atoms with Gasteiger partial charge >= 0.3 is 0 Å². The number of fused-ring (bicyclic) bond motifs is 3. The largest absolute Gasteiger partial charge is 0.323 e. The summed E-state index contributed by atoms with van der Waals surface area (Å²) < 4.78 is 43.6. The van der Waals surface area contributed by atoms with Crippen LogP contribution in [0.4, 0.5) is 13.2 Å². The maximum absolute atomic E-state index is 15.0. The van der Waals surface area contributed by atoms with Gasteiger partial charge in [-0.25, -0.2) is 18.2 Å². The quantitative estimate of drug-likeness (QED) is 0.680. The molecule has 1 aromatic heterocycles. The molecule has 0 amide bonds. The minimum atomic E-state index is -2.71. The van der Waals surface area contributed by atoms with Crippen LogP contribution in [0, 0.1) is 0 Å². The fourth-order valence-electron chi connectivity index (χ4n) is 3.99. The average molecular weight is 355 g/mol. The SMILES string of the molecule is FC1(F)CCC(F)(CCC2c3c(Cl)cccc3-c3cncn32)CC1. The van der Waals surface area contributed by atoms with Crippen LogP contribution in [0.15, 0.2) is 30.7 Å². The van der Waals surface area contributed by atoms with Crippen LogP contribution >= 0.6 is 11.6 Å². The lowest BCUT2D eigenvalue weighted by molar-refractivity contribution is -0.0781. The van der Waals surface area contributed by atoms with E-state index in [1.54, 1.807) is 12.5 Å². The topological polar surface area (TPSA) is 17.8 Å². The van der Waals surface area contributed by atoms with Crippen molar-refractivity contribution in [3.05, 3.63) is 41.3 Å². The summed E-state index contributed by atoms with van der Waals surface area (Å²) in [6.45, 7) is 0. The van der Waals surface area contributed by atoms with Crippen molar-refractivity contribution in [1.82, 2.24) is 9.55 Å². The van der Waals surface area contributed by atoms with E-state index in [0.717, 1.165) is 16.8 Å². The van der Waals surface area contributed by atoms with Gasteiger partial charge in [0.05, 0.1) is 24.3 Å². The first-order valence-corrected chi connectivity index (χ1v) is 8.64. The standard InChI is InChI=1S/C18H18ClF3N2/c19-13-3-1-2-12-15-10-23-11-24(15)14(16(12)13)4-5-17(20)6-8-18(21,22)9-7-17/h1-3,10-11,14H,4-9H2. The van der Waals surface area contributed by atoms with Crippen LogP contribution < -0.4 is 0 Å². The van der Waals surface area contributed by atoms with Crippen molar-refractivity contribution >= 4 is 11.6 Å². The van der Waals surface area contributed by atoms with E-state index in [1.807, 2.05) is 22.8 Å². The van der Waals surface area contributed by atoms with Crippen molar-refractivity contribution in [1.29, 1.82) is 0 Å². The molecule has 1 atom stereocenters. The molecule has 128 valence electrons. The molecule has 0 saturated heterocycles. The van der Waals surface area contributed by atoms with Gasteiger partial charge in [-0.15, -0.1) is 0 Å². The van der Waals surface area contributed by atoms with Crippen LogP contribution in [-0.4, -0.2) is 21.1 Å². The number of alkyl halides is 3. The van der Waals surface area contributed by atoms with E-state index in [0.29, 0.717) is 11.4 Å². The lowest BCUT2D eigenvalue weighted by atomic mass is 9.80. The first-order chi connectivity index (χ1) is 11.4. The summed E-state index contributed by atoms with van der Waals surface area (Å²) >= 11 is 6.38. The second kappa shape index (κ2) is 5.51. The van der Waals surface area contributed by atoms with E-state index in [2.05, 4.69) is 4.98 Å². The molecule has 2 aliphatic rings. The Morgan fingerprint density at radius 3 is 2.67 bits per heavy atom. The first-order valence-electron chi connectivity index (χ1n) is 8.26. The third-order valence-electron chi connectivity index (χ3n) is 5.41. The second-order valence-electron chi connectivity index (χ2n) is 6.95. The zero-order valence-electron chi connectivity index (χ0n) is 13.1. The van der Waals surface area contributed by atoms with E-state index in [-0.39, 0.29) is 38.1 Å². The van der Waals surface area contributed by atoms with Crippen LogP contribution in [0.25, 0.3) is 11.3 Å². The van der Waals surface area contributed by atoms with Gasteiger partial charge < -0.3 is 4.57 Å². The minimum absolute atomic E-state index is 0.0706. The lowest BCUT2D eigenvalue weighted by Gasteiger charge is -2.34. The third-order valence-corrected chi connectivity index (χ3v) is 5.74. The summed E-state index contributed by atoms with van der Waals surface area (Å²) in [6, 6.07) is 5.63. The molecule has 1 aromatic carbocycles. The monoisotopic (exact) mass is 354 g/mol. The lowest BCUT2D eigenvalue weighted by Crippen LogP contribution is -2.35. The van der Waals surface area contributed by atoms with Crippen LogP contribution in [-0.2, 0) is 0 Å². The van der Waals surface area contributed by atoms with E-state index in [9.17, 15) is 13.2 Å². The van der Waals surface area contributed by atoms with Gasteiger partial charge in [0.2, 0.25) is 5.92 Å². The highest BCUT2D eigenvalue weighted by Crippen LogP contribution is 2.48. The van der Waals surface area contributed by atoms with Gasteiger partial charge in [-0.3, -0.25) is 0 Å². The second-order valence-corrected chi connectivity index (χ2v) is 7.36. The average Bonchev–Trinajstić information content (AvgIpc) is 3.11. The molecule has 1 aliphatic heterocycles. The number of hydrogen-bond acceptors (Lipinski definition) is 1. The van der Waals surface area contributed by atoms with Crippen LogP contribution in [0.1, 0.15) is 50.1 Å². The molecule has 0 bridgehead atoms. The molecular formula is C18H18ClF3N2. The molecule has 24 heavy (non-hydrogen) atoms. The molecule has 0 spiro atoms. The minimum Gasteiger partial charge on any atom is -0.323 e. The number of nitrogens with zero attached hydrogens (tertiary/aromatic N) is 2. The van der Waals surface area contributed by atoms with Gasteiger partial charge in [0.25, 0.3) is 0 Å². The molecule has 1 aliphatic carbocycles. The zero-order valence-corrected chi connectivity index (χ0v) is 13.9. The molecule has 1 unspecified atom stereocenters. The fraction of sp³-hybridized carbons (Fsp3) is 0.500. The maximum atomic E-state index is 15.0. The number of aromatic nitrogens is 2. The van der Waals surface area contributed by atoms with Gasteiger partial charge in [-0.1, -0.05) is 23.7 Å². The molecule has 2 heterocycles. The Balaban J connectivity index is 1.56. The normalized spacial score (nSPS) is 23.8. The Kier molecular flexibility index (Phi) is 3.68. The number of hydrogen-bond donors (Lipinski definition) is 0. The van der Waals surface area contributed by atoms with Crippen molar-refractivity contribution in [2.24, 2.45) is 0 Å². The number of benzene rings is 1. The summed E-state index contributed by atoms with van der Waals surface area (Å²) in [7, 11) is 0. The van der Waals surface area contributed by atoms with Crippen LogP contribution in [0.3, 0.4) is 0 Å². The summed E-state index contributed by atoms with van der Waals surface area (Å²) in [6.07, 6.45) is 3.44. The maximum Gasteiger partial charge on any atom is 0.248 e. The highest BCUT2D eigenvalue weighted by atomic mass is 35.5. The van der Waals surface area contributed by atoms with Gasteiger partial charge in [0, 0.05) is 29.0 Å². The molecule has 1 fully saturated rings. The van der Waals surface area contributed by atoms with Gasteiger partial charge in [-0.2, -0.15) is 0 Å². The molecule has 1 saturated carbocycles. The molecule has 2 nitrogen and oxygen atoms in total. The van der Waals surface area contributed by atoms with Gasteiger partial charge in [-0.05, 0) is 31.7 Å². The fourth-order valence-corrected chi connectivity index (χ4v) is 4.29. The van der Waals surface area contributed by atoms with Crippen molar-refractivity contribution in [3.8, 4) is 11.3 Å². The molecule has 6 heteroatoms. The predicted molar refractivity (Wildman–Crippen MR) is 87.3 cm³/mol. The Morgan fingerprint density at radius 2 is 1.92 bits per heavy atom. The summed E-state index contributed by atoms with van der Waals surface area (Å²) in [5, 5.41) is 0.657. The Morgan fingerprint density at radius 1 is 1.17 bits per heavy atom. The number of halogens is 4. The number of rotatable bonds is 3. The molecular weight excluding hydrogens is 337 g/mol. The van der Waals surface area contributed by atoms with Crippen LogP contribution in [0.2, 0.25) is 5.02 Å². The highest BCUT2D eigenvalue weighted by molar-refractivity contribution is 6.32. The van der Waals surface area contributed by atoms with Crippen molar-refractivity contribution in [3.63, 3.8) is 0 Å². The zero-order chi connectivity index (χ0) is 16.9. The third kappa shape index (κ3) is 2.63. The Bertz CT molecular complexity index is 761. The molecule has 4 rings (SSSR count). The van der Waals surface area contributed by atoms with E-state index in [4.69, 9.17) is 11.6 Å². The van der Waals surface area contributed by atoms with Crippen molar-refractivity contribution < 1.29 is 13.2 Å². The van der Waals surface area contributed by atoms with Crippen molar-refractivity contribution in [2.45, 2.75) is 56.2 Å². The predicted octanol–water partition coefficient (Wildman–Crippen LogP) is 5.80. The molecule has 0 N–H and O–H groups in total. The van der Waals surface area contributed by atoms with E-state index in [1.165, 1.54) is 0 Å². The molecule has 2 aromatic rings.